The summed E-state index contributed by atoms with van der Waals surface area (Å²) in [5, 5.41) is 4.06. The number of carbonyl (C=O) groups is 1. The molecule has 0 bridgehead atoms. The predicted molar refractivity (Wildman–Crippen MR) is 57.3 cm³/mol. The Hall–Kier alpha value is -1.32. The molecule has 1 amide bonds. The van der Waals surface area contributed by atoms with Crippen LogP contribution in [0.4, 0.5) is 0 Å². The summed E-state index contributed by atoms with van der Waals surface area (Å²) in [7, 11) is 5.25. The number of aromatic nitrogens is 2. The number of amides is 1. The average molecular weight is 197 g/mol. The van der Waals surface area contributed by atoms with Crippen LogP contribution in [0.15, 0.2) is 6.07 Å². The van der Waals surface area contributed by atoms with Gasteiger partial charge in [0.15, 0.2) is 5.69 Å². The standard InChI is InChI=1S/C8H13N3O.C2H6/c1-6-5-7(9-11(6)4)8(12)10(2)3;1-2/h5H,1-4H3;1-2H3. The van der Waals surface area contributed by atoms with Crippen LogP contribution in [-0.2, 0) is 7.05 Å². The van der Waals surface area contributed by atoms with Gasteiger partial charge in [0.2, 0.25) is 0 Å². The van der Waals surface area contributed by atoms with Gasteiger partial charge in [0.25, 0.3) is 5.91 Å². The van der Waals surface area contributed by atoms with Gasteiger partial charge in [0, 0.05) is 26.8 Å². The first-order chi connectivity index (χ1) is 6.52. The second kappa shape index (κ2) is 5.42. The Labute approximate surface area is 85.5 Å². The lowest BCUT2D eigenvalue weighted by atomic mass is 10.3. The maximum atomic E-state index is 11.4. The van der Waals surface area contributed by atoms with Gasteiger partial charge in [-0.15, -0.1) is 0 Å². The van der Waals surface area contributed by atoms with E-state index < -0.39 is 0 Å². The maximum absolute atomic E-state index is 11.4. The van der Waals surface area contributed by atoms with Gasteiger partial charge in [-0.05, 0) is 13.0 Å². The Morgan fingerprint density at radius 1 is 1.43 bits per heavy atom. The summed E-state index contributed by atoms with van der Waals surface area (Å²) in [6.07, 6.45) is 0. The van der Waals surface area contributed by atoms with Crippen LogP contribution in [0.1, 0.15) is 30.0 Å². The second-order valence-electron chi connectivity index (χ2n) is 2.99. The molecular formula is C10H19N3O. The third-order valence-electron chi connectivity index (χ3n) is 1.74. The van der Waals surface area contributed by atoms with E-state index in [0.717, 1.165) is 5.69 Å². The van der Waals surface area contributed by atoms with Crippen molar-refractivity contribution in [3.8, 4) is 0 Å². The van der Waals surface area contributed by atoms with Gasteiger partial charge in [-0.1, -0.05) is 13.8 Å². The molecule has 0 N–H and O–H groups in total. The first kappa shape index (κ1) is 12.7. The first-order valence-corrected chi connectivity index (χ1v) is 4.74. The van der Waals surface area contributed by atoms with Crippen molar-refractivity contribution >= 4 is 5.91 Å². The van der Waals surface area contributed by atoms with Crippen molar-refractivity contribution in [1.29, 1.82) is 0 Å². The number of hydrogen-bond acceptors (Lipinski definition) is 2. The maximum Gasteiger partial charge on any atom is 0.273 e. The number of aryl methyl sites for hydroxylation is 2. The average Bonchev–Trinajstić information content (AvgIpc) is 2.49. The highest BCUT2D eigenvalue weighted by molar-refractivity contribution is 5.91. The molecule has 4 heteroatoms. The zero-order valence-electron chi connectivity index (χ0n) is 9.83. The second-order valence-corrected chi connectivity index (χ2v) is 2.99. The van der Waals surface area contributed by atoms with Crippen molar-refractivity contribution in [2.45, 2.75) is 20.8 Å². The summed E-state index contributed by atoms with van der Waals surface area (Å²) in [5.74, 6) is -0.0568. The third kappa shape index (κ3) is 2.87. The Balaban J connectivity index is 0.000000791. The molecule has 0 saturated carbocycles. The zero-order valence-corrected chi connectivity index (χ0v) is 9.83. The van der Waals surface area contributed by atoms with Crippen LogP contribution >= 0.6 is 0 Å². The molecule has 14 heavy (non-hydrogen) atoms. The molecule has 0 spiro atoms. The highest BCUT2D eigenvalue weighted by Crippen LogP contribution is 2.02. The van der Waals surface area contributed by atoms with Crippen LogP contribution in [-0.4, -0.2) is 34.7 Å². The molecule has 1 rings (SSSR count). The van der Waals surface area contributed by atoms with E-state index in [1.807, 2.05) is 27.8 Å². The molecule has 0 aliphatic heterocycles. The Morgan fingerprint density at radius 2 is 1.93 bits per heavy atom. The van der Waals surface area contributed by atoms with Crippen molar-refractivity contribution < 1.29 is 4.79 Å². The van der Waals surface area contributed by atoms with Gasteiger partial charge in [0.1, 0.15) is 0 Å². The van der Waals surface area contributed by atoms with Gasteiger partial charge in [0.05, 0.1) is 0 Å². The van der Waals surface area contributed by atoms with Crippen LogP contribution in [0.5, 0.6) is 0 Å². The fraction of sp³-hybridized carbons (Fsp3) is 0.600. The number of rotatable bonds is 1. The Morgan fingerprint density at radius 3 is 2.21 bits per heavy atom. The van der Waals surface area contributed by atoms with E-state index >= 15 is 0 Å². The van der Waals surface area contributed by atoms with Crippen molar-refractivity contribution in [2.75, 3.05) is 14.1 Å². The molecule has 1 aromatic rings. The monoisotopic (exact) mass is 197 g/mol. The molecule has 0 unspecified atom stereocenters. The van der Waals surface area contributed by atoms with E-state index in [2.05, 4.69) is 5.10 Å². The highest BCUT2D eigenvalue weighted by Gasteiger charge is 2.11. The SMILES string of the molecule is CC.Cc1cc(C(=O)N(C)C)nn1C. The lowest BCUT2D eigenvalue weighted by Crippen LogP contribution is -2.22. The van der Waals surface area contributed by atoms with Gasteiger partial charge < -0.3 is 4.90 Å². The topological polar surface area (TPSA) is 38.1 Å². The van der Waals surface area contributed by atoms with E-state index in [1.54, 1.807) is 24.8 Å². The molecule has 0 aliphatic carbocycles. The van der Waals surface area contributed by atoms with Gasteiger partial charge in [-0.3, -0.25) is 9.48 Å². The summed E-state index contributed by atoms with van der Waals surface area (Å²) in [5.41, 5.74) is 1.49. The normalized spacial score (nSPS) is 9.00. The Bertz CT molecular complexity index is 283. The summed E-state index contributed by atoms with van der Waals surface area (Å²) in [6, 6.07) is 1.78. The van der Waals surface area contributed by atoms with Crippen LogP contribution in [0.2, 0.25) is 0 Å². The summed E-state index contributed by atoms with van der Waals surface area (Å²) < 4.78 is 1.69. The molecule has 4 nitrogen and oxygen atoms in total. The van der Waals surface area contributed by atoms with Crippen LogP contribution < -0.4 is 0 Å². The molecule has 1 aromatic heterocycles. The first-order valence-electron chi connectivity index (χ1n) is 4.74. The number of hydrogen-bond donors (Lipinski definition) is 0. The summed E-state index contributed by atoms with van der Waals surface area (Å²) >= 11 is 0. The fourth-order valence-electron chi connectivity index (χ4n) is 0.894. The minimum absolute atomic E-state index is 0.0568. The van der Waals surface area contributed by atoms with Crippen molar-refractivity contribution in [3.05, 3.63) is 17.5 Å². The van der Waals surface area contributed by atoms with Gasteiger partial charge in [-0.25, -0.2) is 0 Å². The molecule has 1 heterocycles. The van der Waals surface area contributed by atoms with Crippen LogP contribution in [0.3, 0.4) is 0 Å². The predicted octanol–water partition coefficient (Wildman–Crippen LogP) is 1.46. The molecule has 0 fully saturated rings. The molecule has 0 atom stereocenters. The molecule has 0 radical (unpaired) electrons. The minimum atomic E-state index is -0.0568. The minimum Gasteiger partial charge on any atom is -0.343 e. The lowest BCUT2D eigenvalue weighted by Gasteiger charge is -2.06. The Kier molecular flexibility index (Phi) is 4.91. The molecular weight excluding hydrogens is 178 g/mol. The molecule has 0 aromatic carbocycles. The van der Waals surface area contributed by atoms with E-state index in [4.69, 9.17) is 0 Å². The van der Waals surface area contributed by atoms with E-state index in [-0.39, 0.29) is 5.91 Å². The van der Waals surface area contributed by atoms with Crippen LogP contribution in [0, 0.1) is 6.92 Å². The van der Waals surface area contributed by atoms with Gasteiger partial charge in [-0.2, -0.15) is 5.10 Å². The quantitative estimate of drug-likeness (QED) is 0.683. The highest BCUT2D eigenvalue weighted by atomic mass is 16.2. The smallest absolute Gasteiger partial charge is 0.273 e. The number of nitrogens with zero attached hydrogens (tertiary/aromatic N) is 3. The van der Waals surface area contributed by atoms with Crippen molar-refractivity contribution in [2.24, 2.45) is 7.05 Å². The molecule has 0 saturated heterocycles. The van der Waals surface area contributed by atoms with E-state index in [0.29, 0.717) is 5.69 Å². The third-order valence-corrected chi connectivity index (χ3v) is 1.74. The fourth-order valence-corrected chi connectivity index (χ4v) is 0.894. The lowest BCUT2D eigenvalue weighted by molar-refractivity contribution is 0.0821. The molecule has 80 valence electrons. The largest absolute Gasteiger partial charge is 0.343 e. The summed E-state index contributed by atoms with van der Waals surface area (Å²) in [4.78, 5) is 12.9. The van der Waals surface area contributed by atoms with Crippen molar-refractivity contribution in [3.63, 3.8) is 0 Å². The zero-order chi connectivity index (χ0) is 11.3. The van der Waals surface area contributed by atoms with Gasteiger partial charge >= 0.3 is 0 Å². The van der Waals surface area contributed by atoms with Crippen LogP contribution in [0.25, 0.3) is 0 Å². The van der Waals surface area contributed by atoms with E-state index in [9.17, 15) is 4.79 Å². The van der Waals surface area contributed by atoms with E-state index in [1.165, 1.54) is 4.90 Å². The number of carbonyl (C=O) groups excluding carboxylic acids is 1. The molecule has 0 aliphatic rings. The van der Waals surface area contributed by atoms with Crippen molar-refractivity contribution in [1.82, 2.24) is 14.7 Å². The summed E-state index contributed by atoms with van der Waals surface area (Å²) in [6.45, 7) is 5.92.